The molecule has 0 aliphatic heterocycles. The number of carboxylic acid groups (broad SMARTS) is 2. The molecular formula is C26H37FN6O7. The predicted molar refractivity (Wildman–Crippen MR) is 141 cm³/mol. The molecule has 0 saturated carbocycles. The highest BCUT2D eigenvalue weighted by Gasteiger charge is 2.29. The van der Waals surface area contributed by atoms with Crippen LogP contribution in [0.2, 0.25) is 0 Å². The Balaban J connectivity index is 1.55. The smallest absolute Gasteiger partial charge is 0.341 e. The summed E-state index contributed by atoms with van der Waals surface area (Å²) in [5, 5.41) is 40.9. The van der Waals surface area contributed by atoms with Gasteiger partial charge in [-0.15, -0.1) is 5.10 Å². The van der Waals surface area contributed by atoms with Gasteiger partial charge < -0.3 is 20.8 Å². The zero-order valence-electron chi connectivity index (χ0n) is 22.3. The molecule has 0 radical (unpaired) electrons. The summed E-state index contributed by atoms with van der Waals surface area (Å²) in [7, 11) is 0. The van der Waals surface area contributed by atoms with Crippen LogP contribution in [0.15, 0.2) is 30.5 Å². The molecule has 220 valence electrons. The van der Waals surface area contributed by atoms with Crippen molar-refractivity contribution in [3.05, 3.63) is 41.7 Å². The average Bonchev–Trinajstić information content (AvgIpc) is 3.40. The van der Waals surface area contributed by atoms with Gasteiger partial charge in [0.05, 0.1) is 24.3 Å². The summed E-state index contributed by atoms with van der Waals surface area (Å²) in [5.41, 5.74) is 2.69. The van der Waals surface area contributed by atoms with Gasteiger partial charge in [-0.25, -0.2) is 14.3 Å². The maximum absolute atomic E-state index is 12.3. The first kappa shape index (κ1) is 32.1. The number of aryl methyl sites for hydroxylation is 2. The molecule has 0 fully saturated rings. The Kier molecular flexibility index (Phi) is 14.1. The summed E-state index contributed by atoms with van der Waals surface area (Å²) in [6, 6.07) is 5.13. The maximum Gasteiger partial charge on any atom is 0.341 e. The van der Waals surface area contributed by atoms with Crippen LogP contribution in [0.25, 0.3) is 5.69 Å². The number of nitrogens with one attached hydrogen (secondary N) is 2. The Labute approximate surface area is 231 Å². The number of alkyl halides is 1. The van der Waals surface area contributed by atoms with Crippen molar-refractivity contribution in [3.63, 3.8) is 0 Å². The van der Waals surface area contributed by atoms with Crippen molar-refractivity contribution in [2.75, 3.05) is 19.8 Å². The lowest BCUT2D eigenvalue weighted by atomic mass is 10.1. The van der Waals surface area contributed by atoms with Crippen LogP contribution >= 0.6 is 0 Å². The van der Waals surface area contributed by atoms with Crippen molar-refractivity contribution in [3.8, 4) is 5.69 Å². The van der Waals surface area contributed by atoms with Crippen molar-refractivity contribution >= 4 is 23.9 Å². The van der Waals surface area contributed by atoms with Gasteiger partial charge in [-0.1, -0.05) is 17.3 Å². The van der Waals surface area contributed by atoms with E-state index in [-0.39, 0.29) is 24.2 Å². The molecule has 40 heavy (non-hydrogen) atoms. The van der Waals surface area contributed by atoms with Gasteiger partial charge in [0.25, 0.3) is 0 Å². The first-order valence-corrected chi connectivity index (χ1v) is 13.2. The van der Waals surface area contributed by atoms with E-state index in [0.29, 0.717) is 51.5 Å². The summed E-state index contributed by atoms with van der Waals surface area (Å²) in [5.74, 6) is -2.78. The normalized spacial score (nSPS) is 11.6. The van der Waals surface area contributed by atoms with E-state index >= 15 is 0 Å². The lowest BCUT2D eigenvalue weighted by Gasteiger charge is -2.22. The second kappa shape index (κ2) is 17.5. The van der Waals surface area contributed by atoms with E-state index in [1.165, 1.54) is 0 Å². The Morgan fingerprint density at radius 3 is 2.27 bits per heavy atom. The summed E-state index contributed by atoms with van der Waals surface area (Å²) in [6.45, 7) is 0.284. The Morgan fingerprint density at radius 1 is 0.925 bits per heavy atom. The molecule has 5 N–H and O–H groups in total. The maximum atomic E-state index is 12.3. The molecule has 0 spiro atoms. The number of nitrogens with zero attached hydrogens (tertiary/aromatic N) is 4. The van der Waals surface area contributed by atoms with Crippen LogP contribution < -0.4 is 10.6 Å². The molecule has 0 saturated heterocycles. The summed E-state index contributed by atoms with van der Waals surface area (Å²) < 4.78 is 14.0. The fraction of sp³-hybridized carbons (Fsp3) is 0.538. The number of carbonyl (C=O) groups is 4. The third kappa shape index (κ3) is 11.8. The monoisotopic (exact) mass is 564 g/mol. The summed E-state index contributed by atoms with van der Waals surface area (Å²) in [6.07, 6.45) is 5.57. The molecule has 13 nitrogen and oxygen atoms in total. The van der Waals surface area contributed by atoms with Gasteiger partial charge in [0.1, 0.15) is 0 Å². The number of aliphatic carboxylic acids is 2. The molecule has 0 aliphatic carbocycles. The second-order valence-corrected chi connectivity index (χ2v) is 9.24. The van der Waals surface area contributed by atoms with E-state index in [2.05, 4.69) is 20.9 Å². The lowest BCUT2D eigenvalue weighted by Crippen LogP contribution is -2.48. The fourth-order valence-corrected chi connectivity index (χ4v) is 3.83. The number of hydrogen-bond donors (Lipinski definition) is 5. The highest BCUT2D eigenvalue weighted by atomic mass is 19.1. The molecule has 0 aliphatic rings. The van der Waals surface area contributed by atoms with E-state index in [1.807, 2.05) is 24.3 Å². The first-order chi connectivity index (χ1) is 19.2. The van der Waals surface area contributed by atoms with Gasteiger partial charge in [0, 0.05) is 25.9 Å². The summed E-state index contributed by atoms with van der Waals surface area (Å²) in [4.78, 5) is 45.8. The van der Waals surface area contributed by atoms with Gasteiger partial charge in [0.2, 0.25) is 5.91 Å². The third-order valence-corrected chi connectivity index (χ3v) is 6.05. The molecule has 3 amide bonds. The number of unbranched alkanes of at least 4 members (excludes halogenated alkanes) is 2. The Morgan fingerprint density at radius 2 is 1.62 bits per heavy atom. The molecule has 1 atom stereocenters. The quantitative estimate of drug-likeness (QED) is 0.0970. The van der Waals surface area contributed by atoms with Crippen molar-refractivity contribution in [2.45, 2.75) is 70.3 Å². The molecule has 1 aromatic carbocycles. The zero-order valence-corrected chi connectivity index (χ0v) is 22.3. The van der Waals surface area contributed by atoms with Crippen LogP contribution in [0, 0.1) is 0 Å². The topological polar surface area (TPSA) is 187 Å². The standard InChI is InChI=1S/C26H37FN6O7/c27-15-5-7-20-18-32(31-30-20)21-11-9-19(10-12-21)6-4-8-23(34)28-16-2-1-3-17-29-26(39)33(40)22(25(37)38)13-14-24(35)36/h9-12,18,22,40H,1-8,13-17H2,(H,28,34)(H,29,39)(H,35,36)(H,37,38)/t22-/m0/s1. The number of amides is 3. The number of halogens is 1. The molecule has 2 rings (SSSR count). The van der Waals surface area contributed by atoms with Crippen molar-refractivity contribution in [1.29, 1.82) is 0 Å². The van der Waals surface area contributed by atoms with Crippen molar-refractivity contribution in [2.24, 2.45) is 0 Å². The minimum atomic E-state index is -1.65. The first-order valence-electron chi connectivity index (χ1n) is 13.2. The van der Waals surface area contributed by atoms with E-state index < -0.39 is 36.9 Å². The molecule has 14 heteroatoms. The van der Waals surface area contributed by atoms with Gasteiger partial charge in [-0.3, -0.25) is 19.2 Å². The van der Waals surface area contributed by atoms with Crippen LogP contribution in [0.4, 0.5) is 9.18 Å². The highest BCUT2D eigenvalue weighted by Crippen LogP contribution is 2.12. The van der Waals surface area contributed by atoms with E-state index in [0.717, 1.165) is 23.4 Å². The SMILES string of the molecule is O=C(O)CC[C@@H](C(=O)O)N(O)C(=O)NCCCCCNC(=O)CCCc1ccc(-n2cc(CCCF)nn2)cc1. The number of carboxylic acids is 2. The van der Waals surface area contributed by atoms with Crippen LogP contribution in [0.1, 0.15) is 62.6 Å². The number of carbonyl (C=O) groups excluding carboxylic acids is 2. The minimum Gasteiger partial charge on any atom is -0.481 e. The number of urea groups is 1. The lowest BCUT2D eigenvalue weighted by molar-refractivity contribution is -0.158. The zero-order chi connectivity index (χ0) is 29.3. The van der Waals surface area contributed by atoms with E-state index in [1.54, 1.807) is 10.9 Å². The number of benzene rings is 1. The fourth-order valence-electron chi connectivity index (χ4n) is 3.83. The van der Waals surface area contributed by atoms with Crippen LogP contribution in [-0.4, -0.2) is 85.2 Å². The average molecular weight is 565 g/mol. The van der Waals surface area contributed by atoms with Crippen LogP contribution in [-0.2, 0) is 27.2 Å². The molecule has 0 unspecified atom stereocenters. The number of aromatic nitrogens is 3. The van der Waals surface area contributed by atoms with Crippen molar-refractivity contribution < 1.29 is 39.0 Å². The van der Waals surface area contributed by atoms with Crippen molar-refractivity contribution in [1.82, 2.24) is 30.7 Å². The van der Waals surface area contributed by atoms with Crippen LogP contribution in [0.3, 0.4) is 0 Å². The van der Waals surface area contributed by atoms with Gasteiger partial charge >= 0.3 is 18.0 Å². The second-order valence-electron chi connectivity index (χ2n) is 9.24. The highest BCUT2D eigenvalue weighted by molar-refractivity contribution is 5.82. The van der Waals surface area contributed by atoms with Crippen LogP contribution in [0.5, 0.6) is 0 Å². The Bertz CT molecular complexity index is 1100. The molecule has 0 bridgehead atoms. The molecule has 2 aromatic rings. The third-order valence-electron chi connectivity index (χ3n) is 6.05. The predicted octanol–water partition coefficient (Wildman–Crippen LogP) is 2.50. The van der Waals surface area contributed by atoms with Gasteiger partial charge in [-0.2, -0.15) is 5.06 Å². The van der Waals surface area contributed by atoms with E-state index in [4.69, 9.17) is 10.2 Å². The Hall–Kier alpha value is -4.07. The van der Waals surface area contributed by atoms with Gasteiger partial charge in [0.15, 0.2) is 6.04 Å². The summed E-state index contributed by atoms with van der Waals surface area (Å²) >= 11 is 0. The number of hydrogen-bond acceptors (Lipinski definition) is 7. The van der Waals surface area contributed by atoms with Gasteiger partial charge in [-0.05, 0) is 69.1 Å². The molecule has 1 heterocycles. The number of hydroxylamine groups is 2. The largest absolute Gasteiger partial charge is 0.481 e. The molecule has 1 aromatic heterocycles. The number of rotatable bonds is 19. The minimum absolute atomic E-state index is 0.00423. The van der Waals surface area contributed by atoms with E-state index in [9.17, 15) is 28.8 Å². The molecular weight excluding hydrogens is 527 g/mol.